The Balaban J connectivity index is 2.23. The molecule has 1 aliphatic carbocycles. The van der Waals surface area contributed by atoms with E-state index < -0.39 is 5.97 Å². The molecule has 0 aromatic carbocycles. The van der Waals surface area contributed by atoms with Gasteiger partial charge in [-0.25, -0.2) is 0 Å². The Morgan fingerprint density at radius 3 is 2.76 bits per heavy atom. The number of ketones is 1. The molecule has 1 N–H and O–H groups in total. The van der Waals surface area contributed by atoms with E-state index in [0.29, 0.717) is 12.3 Å². The number of carboxylic acid groups (broad SMARTS) is 1. The number of Topliss-reactive ketones (excluding diaryl/α,β-unsaturated/α-hetero) is 1. The number of carbonyl (C=O) groups is 2. The van der Waals surface area contributed by atoms with Crippen LogP contribution in [0.15, 0.2) is 24.0 Å². The van der Waals surface area contributed by atoms with Crippen molar-refractivity contribution in [3.8, 4) is 0 Å². The van der Waals surface area contributed by atoms with Gasteiger partial charge in [0, 0.05) is 6.42 Å². The number of aliphatic carboxylic acids is 1. The Labute approximate surface area is 101 Å². The van der Waals surface area contributed by atoms with Gasteiger partial charge in [0.15, 0.2) is 0 Å². The van der Waals surface area contributed by atoms with Crippen molar-refractivity contribution in [1.82, 2.24) is 0 Å². The standard InChI is InChI=1S/C13H18O4/c1-10(14)2-3-11-4-6-12(7-5-11)17-9-8-13(15)16/h4,6-7,11H,2-3,5,8-9H2,1H3,(H,15,16). The maximum absolute atomic E-state index is 10.8. The third-order valence-corrected chi connectivity index (χ3v) is 2.61. The fourth-order valence-electron chi connectivity index (χ4n) is 1.61. The predicted octanol–water partition coefficient (Wildman–Crippen LogP) is 2.31. The Hall–Kier alpha value is -1.58. The fourth-order valence-corrected chi connectivity index (χ4v) is 1.61. The van der Waals surface area contributed by atoms with Crippen LogP contribution in [0.5, 0.6) is 0 Å². The molecule has 0 fully saturated rings. The van der Waals surface area contributed by atoms with Crippen LogP contribution in [0, 0.1) is 5.92 Å². The van der Waals surface area contributed by atoms with Crippen LogP contribution in [-0.4, -0.2) is 23.5 Å². The van der Waals surface area contributed by atoms with E-state index in [1.807, 2.05) is 18.2 Å². The molecule has 1 aliphatic rings. The minimum atomic E-state index is -0.857. The van der Waals surface area contributed by atoms with Crippen molar-refractivity contribution in [2.45, 2.75) is 32.6 Å². The lowest BCUT2D eigenvalue weighted by molar-refractivity contribution is -0.137. The third-order valence-electron chi connectivity index (χ3n) is 2.61. The van der Waals surface area contributed by atoms with Crippen molar-refractivity contribution in [1.29, 1.82) is 0 Å². The first-order chi connectivity index (χ1) is 8.08. The summed E-state index contributed by atoms with van der Waals surface area (Å²) in [5, 5.41) is 8.46. The second-order valence-electron chi connectivity index (χ2n) is 4.19. The van der Waals surface area contributed by atoms with Gasteiger partial charge >= 0.3 is 5.97 Å². The molecule has 0 saturated carbocycles. The Morgan fingerprint density at radius 2 is 2.24 bits per heavy atom. The highest BCUT2D eigenvalue weighted by Crippen LogP contribution is 2.21. The first kappa shape index (κ1) is 13.5. The fraction of sp³-hybridized carbons (Fsp3) is 0.538. The first-order valence-electron chi connectivity index (χ1n) is 5.80. The van der Waals surface area contributed by atoms with E-state index in [1.165, 1.54) is 0 Å². The lowest BCUT2D eigenvalue weighted by Gasteiger charge is -2.15. The summed E-state index contributed by atoms with van der Waals surface area (Å²) in [6.45, 7) is 1.80. The van der Waals surface area contributed by atoms with Gasteiger partial charge in [-0.3, -0.25) is 4.79 Å². The van der Waals surface area contributed by atoms with Gasteiger partial charge in [0.1, 0.15) is 11.5 Å². The minimum Gasteiger partial charge on any atom is -0.493 e. The van der Waals surface area contributed by atoms with E-state index in [9.17, 15) is 9.59 Å². The van der Waals surface area contributed by atoms with Gasteiger partial charge in [-0.15, -0.1) is 0 Å². The van der Waals surface area contributed by atoms with Gasteiger partial charge in [0.25, 0.3) is 0 Å². The summed E-state index contributed by atoms with van der Waals surface area (Å²) in [6.07, 6.45) is 8.18. The van der Waals surface area contributed by atoms with Crippen molar-refractivity contribution in [2.24, 2.45) is 5.92 Å². The maximum atomic E-state index is 10.8. The number of allylic oxidation sites excluding steroid dienone is 3. The molecule has 0 aromatic heterocycles. The van der Waals surface area contributed by atoms with Crippen molar-refractivity contribution in [3.05, 3.63) is 24.0 Å². The zero-order chi connectivity index (χ0) is 12.7. The van der Waals surface area contributed by atoms with Crippen LogP contribution in [0.3, 0.4) is 0 Å². The summed E-state index contributed by atoms with van der Waals surface area (Å²) in [6, 6.07) is 0. The maximum Gasteiger partial charge on any atom is 0.306 e. The van der Waals surface area contributed by atoms with Crippen molar-refractivity contribution >= 4 is 11.8 Å². The normalized spacial score (nSPS) is 18.6. The summed E-state index contributed by atoms with van der Waals surface area (Å²) in [5.41, 5.74) is 0. The molecule has 0 bridgehead atoms. The van der Waals surface area contributed by atoms with Crippen LogP contribution < -0.4 is 0 Å². The van der Waals surface area contributed by atoms with Crippen molar-refractivity contribution < 1.29 is 19.4 Å². The van der Waals surface area contributed by atoms with Crippen LogP contribution in [0.1, 0.15) is 32.6 Å². The van der Waals surface area contributed by atoms with Gasteiger partial charge in [-0.2, -0.15) is 0 Å². The first-order valence-corrected chi connectivity index (χ1v) is 5.80. The molecule has 4 nitrogen and oxygen atoms in total. The number of hydrogen-bond donors (Lipinski definition) is 1. The molecule has 1 unspecified atom stereocenters. The molecule has 4 heteroatoms. The van der Waals surface area contributed by atoms with Crippen molar-refractivity contribution in [2.75, 3.05) is 6.61 Å². The zero-order valence-corrected chi connectivity index (χ0v) is 10.0. The quantitative estimate of drug-likeness (QED) is 0.739. The Morgan fingerprint density at radius 1 is 1.47 bits per heavy atom. The van der Waals surface area contributed by atoms with Crippen LogP contribution in [-0.2, 0) is 14.3 Å². The number of hydrogen-bond acceptors (Lipinski definition) is 3. The lowest BCUT2D eigenvalue weighted by Crippen LogP contribution is -2.06. The molecular formula is C13H18O4. The monoisotopic (exact) mass is 238 g/mol. The molecule has 94 valence electrons. The lowest BCUT2D eigenvalue weighted by atomic mass is 9.94. The molecule has 17 heavy (non-hydrogen) atoms. The number of carbonyl (C=O) groups excluding carboxylic acids is 1. The third kappa shape index (κ3) is 5.90. The van der Waals surface area contributed by atoms with Crippen LogP contribution in [0.25, 0.3) is 0 Å². The highest BCUT2D eigenvalue weighted by atomic mass is 16.5. The molecule has 0 heterocycles. The topological polar surface area (TPSA) is 63.6 Å². The number of ether oxygens (including phenoxy) is 1. The summed E-state index contributed by atoms with van der Waals surface area (Å²) in [4.78, 5) is 21.1. The molecular weight excluding hydrogens is 220 g/mol. The molecule has 0 spiro atoms. The van der Waals surface area contributed by atoms with E-state index in [1.54, 1.807) is 6.92 Å². The summed E-state index contributed by atoms with van der Waals surface area (Å²) in [7, 11) is 0. The average Bonchev–Trinajstić information content (AvgIpc) is 2.27. The highest BCUT2D eigenvalue weighted by Gasteiger charge is 2.10. The average molecular weight is 238 g/mol. The van der Waals surface area contributed by atoms with Gasteiger partial charge in [-0.05, 0) is 37.8 Å². The van der Waals surface area contributed by atoms with Gasteiger partial charge in [-0.1, -0.05) is 6.08 Å². The van der Waals surface area contributed by atoms with E-state index in [4.69, 9.17) is 9.84 Å². The van der Waals surface area contributed by atoms with Gasteiger partial charge in [0.05, 0.1) is 13.0 Å². The van der Waals surface area contributed by atoms with E-state index >= 15 is 0 Å². The summed E-state index contributed by atoms with van der Waals surface area (Å²) in [5.74, 6) is 0.478. The predicted molar refractivity (Wildman–Crippen MR) is 63.4 cm³/mol. The van der Waals surface area contributed by atoms with E-state index in [0.717, 1.165) is 18.6 Å². The van der Waals surface area contributed by atoms with Crippen molar-refractivity contribution in [3.63, 3.8) is 0 Å². The molecule has 1 rings (SSSR count). The largest absolute Gasteiger partial charge is 0.493 e. The highest BCUT2D eigenvalue weighted by molar-refractivity contribution is 5.75. The van der Waals surface area contributed by atoms with Gasteiger partial charge in [0.2, 0.25) is 0 Å². The minimum absolute atomic E-state index is 0.0128. The van der Waals surface area contributed by atoms with E-state index in [-0.39, 0.29) is 18.8 Å². The number of carboxylic acids is 1. The Kier molecular flexibility index (Phi) is 5.46. The molecule has 0 radical (unpaired) electrons. The summed E-state index contributed by atoms with van der Waals surface area (Å²) >= 11 is 0. The summed E-state index contributed by atoms with van der Waals surface area (Å²) < 4.78 is 5.29. The van der Waals surface area contributed by atoms with Gasteiger partial charge < -0.3 is 14.6 Å². The van der Waals surface area contributed by atoms with Crippen LogP contribution in [0.4, 0.5) is 0 Å². The van der Waals surface area contributed by atoms with E-state index in [2.05, 4.69) is 0 Å². The van der Waals surface area contributed by atoms with Crippen LogP contribution in [0.2, 0.25) is 0 Å². The molecule has 1 atom stereocenters. The second-order valence-corrected chi connectivity index (χ2v) is 4.19. The SMILES string of the molecule is CC(=O)CCC1C=CC(OCCC(=O)O)=CC1. The molecule has 0 amide bonds. The zero-order valence-electron chi connectivity index (χ0n) is 10.0. The van der Waals surface area contributed by atoms with Crippen LogP contribution >= 0.6 is 0 Å². The molecule has 0 aromatic rings. The Bertz CT molecular complexity index is 341. The molecule has 0 saturated heterocycles. The number of rotatable bonds is 7. The second kappa shape index (κ2) is 6.89. The smallest absolute Gasteiger partial charge is 0.306 e. The molecule has 0 aliphatic heterocycles.